The summed E-state index contributed by atoms with van der Waals surface area (Å²) in [7, 11) is 0. The van der Waals surface area contributed by atoms with E-state index in [1.807, 2.05) is 0 Å². The lowest BCUT2D eigenvalue weighted by atomic mass is 10.0. The van der Waals surface area contributed by atoms with Crippen molar-refractivity contribution in [1.82, 2.24) is 0 Å². The largest absolute Gasteiger partial charge is 0.270 e. The zero-order valence-electron chi connectivity index (χ0n) is 8.69. The topological polar surface area (TPSA) is 0 Å². The number of hydrogen-bond donors (Lipinski definition) is 0. The first kappa shape index (κ1) is 11.2. The summed E-state index contributed by atoms with van der Waals surface area (Å²) in [6, 6.07) is 6.63. The van der Waals surface area contributed by atoms with Crippen LogP contribution in [-0.2, 0) is 12.3 Å². The Morgan fingerprint density at radius 2 is 1.71 bits per heavy atom. The molecule has 0 bridgehead atoms. The molecule has 78 valence electrons. The van der Waals surface area contributed by atoms with Gasteiger partial charge in [0.05, 0.1) is 0 Å². The number of alkyl halides is 2. The summed E-state index contributed by atoms with van der Waals surface area (Å²) in [4.78, 5) is 0. The van der Waals surface area contributed by atoms with Crippen molar-refractivity contribution in [1.29, 1.82) is 0 Å². The third kappa shape index (κ3) is 3.09. The fourth-order valence-electron chi connectivity index (χ4n) is 1.34. The van der Waals surface area contributed by atoms with E-state index in [1.165, 1.54) is 12.1 Å². The lowest BCUT2D eigenvalue weighted by Crippen LogP contribution is -2.06. The fourth-order valence-corrected chi connectivity index (χ4v) is 1.34. The maximum Gasteiger partial charge on any atom is 0.270 e. The zero-order chi connectivity index (χ0) is 10.6. The van der Waals surface area contributed by atoms with Crippen molar-refractivity contribution in [2.24, 2.45) is 0 Å². The van der Waals surface area contributed by atoms with E-state index in [0.717, 1.165) is 31.7 Å². The third-order valence-corrected chi connectivity index (χ3v) is 2.28. The van der Waals surface area contributed by atoms with E-state index in [9.17, 15) is 8.78 Å². The molecule has 1 aromatic rings. The summed E-state index contributed by atoms with van der Waals surface area (Å²) in [5.41, 5.74) is 1.23. The van der Waals surface area contributed by atoms with E-state index < -0.39 is 5.92 Å². The number of unbranched alkanes of at least 4 members (excludes halogenated alkanes) is 1. The first-order valence-corrected chi connectivity index (χ1v) is 5.01. The standard InChI is InChI=1S/C12H16F2/c1-3-4-5-10-6-8-11(9-7-10)12(2,13)14/h6-9H,3-5H2,1-2H3. The van der Waals surface area contributed by atoms with E-state index in [2.05, 4.69) is 6.92 Å². The minimum absolute atomic E-state index is 0.0951. The number of halogens is 2. The van der Waals surface area contributed by atoms with Gasteiger partial charge in [0, 0.05) is 12.5 Å². The average Bonchev–Trinajstić information content (AvgIpc) is 2.14. The van der Waals surface area contributed by atoms with Gasteiger partial charge in [0.2, 0.25) is 0 Å². The monoisotopic (exact) mass is 198 g/mol. The summed E-state index contributed by atoms with van der Waals surface area (Å²) >= 11 is 0. The van der Waals surface area contributed by atoms with Gasteiger partial charge in [0.25, 0.3) is 5.92 Å². The maximum atomic E-state index is 12.8. The lowest BCUT2D eigenvalue weighted by molar-refractivity contribution is 0.0174. The van der Waals surface area contributed by atoms with Crippen LogP contribution in [0, 0.1) is 0 Å². The Morgan fingerprint density at radius 1 is 1.14 bits per heavy atom. The van der Waals surface area contributed by atoms with E-state index >= 15 is 0 Å². The summed E-state index contributed by atoms with van der Waals surface area (Å²) in [5, 5.41) is 0. The molecule has 0 saturated heterocycles. The van der Waals surface area contributed by atoms with Gasteiger partial charge in [0.1, 0.15) is 0 Å². The van der Waals surface area contributed by atoms with E-state index in [-0.39, 0.29) is 5.56 Å². The van der Waals surface area contributed by atoms with Crippen LogP contribution in [0.2, 0.25) is 0 Å². The van der Waals surface area contributed by atoms with Crippen molar-refractivity contribution in [3.63, 3.8) is 0 Å². The molecule has 0 atom stereocenters. The van der Waals surface area contributed by atoms with Crippen LogP contribution in [-0.4, -0.2) is 0 Å². The van der Waals surface area contributed by atoms with E-state index in [4.69, 9.17) is 0 Å². The average molecular weight is 198 g/mol. The molecule has 1 rings (SSSR count). The Kier molecular flexibility index (Phi) is 3.62. The summed E-state index contributed by atoms with van der Waals surface area (Å²) in [5.74, 6) is -2.72. The molecule has 2 heteroatoms. The number of benzene rings is 1. The van der Waals surface area contributed by atoms with Gasteiger partial charge < -0.3 is 0 Å². The van der Waals surface area contributed by atoms with Crippen molar-refractivity contribution >= 4 is 0 Å². The molecule has 1 aromatic carbocycles. The molecule has 0 heterocycles. The molecule has 0 aliphatic heterocycles. The summed E-state index contributed by atoms with van der Waals surface area (Å²) in [6.07, 6.45) is 3.22. The van der Waals surface area contributed by atoms with Gasteiger partial charge in [-0.25, -0.2) is 8.78 Å². The van der Waals surface area contributed by atoms with Crippen molar-refractivity contribution in [2.75, 3.05) is 0 Å². The predicted octanol–water partition coefficient (Wildman–Crippen LogP) is 4.14. The molecule has 0 amide bonds. The zero-order valence-corrected chi connectivity index (χ0v) is 8.69. The molecule has 0 radical (unpaired) electrons. The quantitative estimate of drug-likeness (QED) is 0.682. The first-order chi connectivity index (χ1) is 6.54. The molecule has 0 saturated carbocycles. The van der Waals surface area contributed by atoms with Crippen molar-refractivity contribution < 1.29 is 8.78 Å². The number of aryl methyl sites for hydroxylation is 1. The second-order valence-electron chi connectivity index (χ2n) is 3.69. The Hall–Kier alpha value is -0.920. The van der Waals surface area contributed by atoms with Gasteiger partial charge in [-0.15, -0.1) is 0 Å². The SMILES string of the molecule is CCCCc1ccc(C(C)(F)F)cc1. The second-order valence-corrected chi connectivity index (χ2v) is 3.69. The number of hydrogen-bond acceptors (Lipinski definition) is 0. The minimum atomic E-state index is -2.72. The molecule has 0 N–H and O–H groups in total. The first-order valence-electron chi connectivity index (χ1n) is 5.01. The van der Waals surface area contributed by atoms with Crippen LogP contribution in [0.15, 0.2) is 24.3 Å². The molecule has 0 spiro atoms. The maximum absolute atomic E-state index is 12.8. The summed E-state index contributed by atoms with van der Waals surface area (Å²) < 4.78 is 25.7. The molecule has 0 fully saturated rings. The van der Waals surface area contributed by atoms with E-state index in [0.29, 0.717) is 0 Å². The minimum Gasteiger partial charge on any atom is -0.202 e. The molecule has 0 aromatic heterocycles. The number of rotatable bonds is 4. The van der Waals surface area contributed by atoms with Crippen LogP contribution in [0.3, 0.4) is 0 Å². The Balaban J connectivity index is 2.69. The van der Waals surface area contributed by atoms with Crippen LogP contribution >= 0.6 is 0 Å². The van der Waals surface area contributed by atoms with Crippen LogP contribution in [0.4, 0.5) is 8.78 Å². The van der Waals surface area contributed by atoms with Gasteiger partial charge in [-0.3, -0.25) is 0 Å². The van der Waals surface area contributed by atoms with Gasteiger partial charge in [-0.1, -0.05) is 37.6 Å². The second kappa shape index (κ2) is 4.54. The van der Waals surface area contributed by atoms with Gasteiger partial charge >= 0.3 is 0 Å². The normalized spacial score (nSPS) is 11.7. The predicted molar refractivity (Wildman–Crippen MR) is 54.6 cm³/mol. The highest BCUT2D eigenvalue weighted by molar-refractivity contribution is 5.25. The Bertz CT molecular complexity index is 269. The highest BCUT2D eigenvalue weighted by atomic mass is 19.3. The summed E-state index contributed by atoms with van der Waals surface area (Å²) in [6.45, 7) is 3.04. The molecular weight excluding hydrogens is 182 g/mol. The van der Waals surface area contributed by atoms with Gasteiger partial charge in [-0.05, 0) is 18.4 Å². The van der Waals surface area contributed by atoms with Crippen LogP contribution in [0.25, 0.3) is 0 Å². The Morgan fingerprint density at radius 3 is 2.14 bits per heavy atom. The Labute approximate surface area is 84.0 Å². The lowest BCUT2D eigenvalue weighted by Gasteiger charge is -2.10. The van der Waals surface area contributed by atoms with Crippen LogP contribution in [0.1, 0.15) is 37.8 Å². The van der Waals surface area contributed by atoms with Gasteiger partial charge in [0.15, 0.2) is 0 Å². The molecular formula is C12H16F2. The van der Waals surface area contributed by atoms with Crippen LogP contribution < -0.4 is 0 Å². The van der Waals surface area contributed by atoms with E-state index in [1.54, 1.807) is 12.1 Å². The third-order valence-electron chi connectivity index (χ3n) is 2.28. The van der Waals surface area contributed by atoms with Crippen molar-refractivity contribution in [3.05, 3.63) is 35.4 Å². The fraction of sp³-hybridized carbons (Fsp3) is 0.500. The molecule has 0 nitrogen and oxygen atoms in total. The van der Waals surface area contributed by atoms with Gasteiger partial charge in [-0.2, -0.15) is 0 Å². The highest BCUT2D eigenvalue weighted by Crippen LogP contribution is 2.26. The molecule has 0 aliphatic rings. The molecule has 0 unspecified atom stereocenters. The van der Waals surface area contributed by atoms with Crippen molar-refractivity contribution in [3.8, 4) is 0 Å². The molecule has 0 aliphatic carbocycles. The van der Waals surface area contributed by atoms with Crippen molar-refractivity contribution in [2.45, 2.75) is 39.0 Å². The smallest absolute Gasteiger partial charge is 0.202 e. The highest BCUT2D eigenvalue weighted by Gasteiger charge is 2.23. The van der Waals surface area contributed by atoms with Crippen LogP contribution in [0.5, 0.6) is 0 Å². The molecule has 14 heavy (non-hydrogen) atoms.